The van der Waals surface area contributed by atoms with Crippen LogP contribution in [-0.4, -0.2) is 47.9 Å². The first-order chi connectivity index (χ1) is 15.0. The number of nitrogens with zero attached hydrogens (tertiary/aromatic N) is 4. The Morgan fingerprint density at radius 2 is 1.81 bits per heavy atom. The summed E-state index contributed by atoms with van der Waals surface area (Å²) in [7, 11) is 0. The molecule has 0 spiro atoms. The number of carbonyl (C=O) groups excluding carboxylic acids is 2. The lowest BCUT2D eigenvalue weighted by molar-refractivity contribution is -0.164. The molecule has 31 heavy (non-hydrogen) atoms. The number of hydrogen-bond acceptors (Lipinski definition) is 6. The third kappa shape index (κ3) is 3.61. The molecule has 8 heteroatoms. The van der Waals surface area contributed by atoms with Crippen LogP contribution in [0.2, 0.25) is 0 Å². The normalized spacial score (nSPS) is 24.7. The van der Waals surface area contributed by atoms with Gasteiger partial charge in [0.15, 0.2) is 6.10 Å². The Morgan fingerprint density at radius 3 is 2.35 bits per heavy atom. The van der Waals surface area contributed by atoms with E-state index in [1.165, 1.54) is 0 Å². The van der Waals surface area contributed by atoms with Gasteiger partial charge in [0.2, 0.25) is 5.91 Å². The minimum absolute atomic E-state index is 0.00882. The Hall–Kier alpha value is -3.13. The molecule has 0 radical (unpaired) electrons. The molecule has 1 aromatic heterocycles. The molecule has 0 bridgehead atoms. The lowest BCUT2D eigenvalue weighted by Gasteiger charge is -2.38. The number of rotatable bonds is 6. The molecule has 2 saturated heterocycles. The summed E-state index contributed by atoms with van der Waals surface area (Å²) >= 11 is 1.64. The summed E-state index contributed by atoms with van der Waals surface area (Å²) in [5.41, 5.74) is 1.77. The summed E-state index contributed by atoms with van der Waals surface area (Å²) in [5.74, 6) is -0.416. The highest BCUT2D eigenvalue weighted by molar-refractivity contribution is 8.01. The van der Waals surface area contributed by atoms with Crippen molar-refractivity contribution in [2.75, 3.05) is 0 Å². The van der Waals surface area contributed by atoms with Crippen molar-refractivity contribution >= 4 is 23.6 Å². The van der Waals surface area contributed by atoms with Crippen molar-refractivity contribution in [3.05, 3.63) is 84.2 Å². The van der Waals surface area contributed by atoms with E-state index in [0.717, 1.165) is 11.1 Å². The summed E-state index contributed by atoms with van der Waals surface area (Å²) in [6.45, 7) is 2.45. The van der Waals surface area contributed by atoms with Gasteiger partial charge in [0, 0.05) is 6.20 Å². The second-order valence-corrected chi connectivity index (χ2v) is 9.74. The van der Waals surface area contributed by atoms with E-state index < -0.39 is 22.9 Å². The molecule has 0 saturated carbocycles. The van der Waals surface area contributed by atoms with Crippen LogP contribution in [0.5, 0.6) is 0 Å². The third-order valence-corrected chi connectivity index (χ3v) is 7.38. The number of amides is 1. The number of fused-ring (bicyclic) bond motifs is 1. The van der Waals surface area contributed by atoms with Gasteiger partial charge in [-0.2, -0.15) is 0 Å². The first kappa shape index (κ1) is 19.8. The largest absolute Gasteiger partial charge is 0.451 e. The second kappa shape index (κ2) is 7.85. The van der Waals surface area contributed by atoms with Crippen molar-refractivity contribution in [2.45, 2.75) is 42.2 Å². The van der Waals surface area contributed by atoms with Gasteiger partial charge in [0.1, 0.15) is 6.04 Å². The van der Waals surface area contributed by atoms with Gasteiger partial charge < -0.3 is 9.64 Å². The Morgan fingerprint density at radius 1 is 1.16 bits per heavy atom. The predicted octanol–water partition coefficient (Wildman–Crippen LogP) is 3.04. The fourth-order valence-electron chi connectivity index (χ4n) is 4.37. The fraction of sp³-hybridized carbons (Fsp3) is 0.304. The molecule has 7 nitrogen and oxygen atoms in total. The number of hydrogen-bond donors (Lipinski definition) is 0. The zero-order valence-corrected chi connectivity index (χ0v) is 17.8. The number of benzene rings is 2. The topological polar surface area (TPSA) is 77.3 Å². The fourth-order valence-corrected chi connectivity index (χ4v) is 6.12. The SMILES string of the molecule is CC1(Cn2ccnn2)SC2CC(=O)N2C1C(=O)OC(c1ccccc1)c1ccccc1. The van der Waals surface area contributed by atoms with Crippen LogP contribution < -0.4 is 0 Å². The monoisotopic (exact) mass is 434 g/mol. The van der Waals surface area contributed by atoms with Crippen molar-refractivity contribution in [2.24, 2.45) is 0 Å². The van der Waals surface area contributed by atoms with Crippen LogP contribution in [0.15, 0.2) is 73.1 Å². The van der Waals surface area contributed by atoms with Gasteiger partial charge in [-0.25, -0.2) is 4.79 Å². The summed E-state index contributed by atoms with van der Waals surface area (Å²) in [6.07, 6.45) is 3.27. The van der Waals surface area contributed by atoms with Crippen LogP contribution >= 0.6 is 11.8 Å². The maximum absolute atomic E-state index is 13.6. The molecule has 2 aliphatic rings. The molecule has 5 rings (SSSR count). The number of aromatic nitrogens is 3. The zero-order valence-electron chi connectivity index (χ0n) is 17.0. The van der Waals surface area contributed by atoms with E-state index in [1.807, 2.05) is 67.6 Å². The van der Waals surface area contributed by atoms with Crippen molar-refractivity contribution in [3.63, 3.8) is 0 Å². The Kier molecular flexibility index (Phi) is 5.02. The van der Waals surface area contributed by atoms with Gasteiger partial charge in [-0.3, -0.25) is 9.48 Å². The molecule has 2 fully saturated rings. The first-order valence-corrected chi connectivity index (χ1v) is 11.1. The van der Waals surface area contributed by atoms with Gasteiger partial charge >= 0.3 is 5.97 Å². The molecule has 158 valence electrons. The number of β-lactam (4-membered cyclic amide) rings is 1. The minimum atomic E-state index is -0.692. The molecular formula is C23H22N4O3S. The van der Waals surface area contributed by atoms with E-state index in [9.17, 15) is 9.59 Å². The second-order valence-electron chi connectivity index (χ2n) is 8.03. The molecule has 1 amide bonds. The van der Waals surface area contributed by atoms with Gasteiger partial charge in [-0.15, -0.1) is 16.9 Å². The van der Waals surface area contributed by atoms with E-state index in [4.69, 9.17) is 4.74 Å². The minimum Gasteiger partial charge on any atom is -0.451 e. The van der Waals surface area contributed by atoms with Crippen molar-refractivity contribution in [1.82, 2.24) is 19.9 Å². The quantitative estimate of drug-likeness (QED) is 0.438. The number of carbonyl (C=O) groups is 2. The van der Waals surface area contributed by atoms with Gasteiger partial charge in [0.05, 0.1) is 29.3 Å². The van der Waals surface area contributed by atoms with Crippen LogP contribution in [0.3, 0.4) is 0 Å². The first-order valence-electron chi connectivity index (χ1n) is 10.2. The average molecular weight is 435 g/mol. The van der Waals surface area contributed by atoms with Crippen LogP contribution in [0.25, 0.3) is 0 Å². The lowest BCUT2D eigenvalue weighted by Crippen LogP contribution is -2.58. The Bertz CT molecular complexity index is 1040. The third-order valence-electron chi connectivity index (χ3n) is 5.82. The predicted molar refractivity (Wildman–Crippen MR) is 116 cm³/mol. The summed E-state index contributed by atoms with van der Waals surface area (Å²) < 4.78 is 7.26. The molecule has 0 aliphatic carbocycles. The van der Waals surface area contributed by atoms with Gasteiger partial charge in [-0.1, -0.05) is 65.9 Å². The van der Waals surface area contributed by atoms with Crippen molar-refractivity contribution < 1.29 is 14.3 Å². The van der Waals surface area contributed by atoms with Crippen LogP contribution in [0, 0.1) is 0 Å². The average Bonchev–Trinajstić information content (AvgIpc) is 3.36. The van der Waals surface area contributed by atoms with Gasteiger partial charge in [-0.05, 0) is 18.1 Å². The summed E-state index contributed by atoms with van der Waals surface area (Å²) in [6, 6.07) is 18.6. The zero-order chi connectivity index (χ0) is 21.4. The van der Waals surface area contributed by atoms with Gasteiger partial charge in [0.25, 0.3) is 0 Å². The molecule has 0 N–H and O–H groups in total. The van der Waals surface area contributed by atoms with E-state index >= 15 is 0 Å². The molecule has 2 aliphatic heterocycles. The molecular weight excluding hydrogens is 412 g/mol. The van der Waals surface area contributed by atoms with E-state index in [2.05, 4.69) is 10.3 Å². The highest BCUT2D eigenvalue weighted by Crippen LogP contribution is 2.52. The molecule has 2 aromatic carbocycles. The summed E-state index contributed by atoms with van der Waals surface area (Å²) in [4.78, 5) is 27.7. The molecule has 3 aromatic rings. The molecule has 3 unspecified atom stereocenters. The lowest BCUT2D eigenvalue weighted by atomic mass is 9.95. The van der Waals surface area contributed by atoms with Crippen molar-refractivity contribution in [3.8, 4) is 0 Å². The standard InChI is InChI=1S/C23H22N4O3S/c1-23(15-26-13-12-24-25-26)21(27-18(28)14-19(27)31-23)22(29)30-20(16-8-4-2-5-9-16)17-10-6-3-7-11-17/h2-13,19-21H,14-15H2,1H3. The van der Waals surface area contributed by atoms with E-state index in [0.29, 0.717) is 13.0 Å². The number of thioether (sulfide) groups is 1. The highest BCUT2D eigenvalue weighted by Gasteiger charge is 2.61. The maximum atomic E-state index is 13.6. The Balaban J connectivity index is 1.46. The molecule has 3 heterocycles. The Labute approximate surface area is 184 Å². The summed E-state index contributed by atoms with van der Waals surface area (Å²) in [5, 5.41) is 7.92. The van der Waals surface area contributed by atoms with Crippen LogP contribution in [0.1, 0.15) is 30.6 Å². The maximum Gasteiger partial charge on any atom is 0.331 e. The molecule has 3 atom stereocenters. The number of esters is 1. The van der Waals surface area contributed by atoms with Crippen LogP contribution in [0.4, 0.5) is 0 Å². The highest BCUT2D eigenvalue weighted by atomic mass is 32.2. The van der Waals surface area contributed by atoms with E-state index in [1.54, 1.807) is 33.7 Å². The van der Waals surface area contributed by atoms with Crippen LogP contribution in [-0.2, 0) is 20.9 Å². The smallest absolute Gasteiger partial charge is 0.331 e. The van der Waals surface area contributed by atoms with E-state index in [-0.39, 0.29) is 11.3 Å². The number of ether oxygens (including phenoxy) is 1. The van der Waals surface area contributed by atoms with Crippen molar-refractivity contribution in [1.29, 1.82) is 0 Å².